The first-order valence-electron chi connectivity index (χ1n) is 8.75. The molecule has 0 saturated carbocycles. The van der Waals surface area contributed by atoms with Crippen LogP contribution in [0.3, 0.4) is 0 Å². The number of carbonyl (C=O) groups excluding carboxylic acids is 2. The van der Waals surface area contributed by atoms with Crippen molar-refractivity contribution in [3.05, 3.63) is 29.8 Å². The quantitative estimate of drug-likeness (QED) is 0.837. The molecule has 2 saturated heterocycles. The molecule has 1 atom stereocenters. The molecule has 0 bridgehead atoms. The van der Waals surface area contributed by atoms with Crippen LogP contribution in [-0.4, -0.2) is 67.6 Å². The van der Waals surface area contributed by atoms with E-state index in [2.05, 4.69) is 0 Å². The number of hydrogen-bond donors (Lipinski definition) is 0. The van der Waals surface area contributed by atoms with E-state index >= 15 is 0 Å². The summed E-state index contributed by atoms with van der Waals surface area (Å²) in [4.78, 5) is 28.8. The van der Waals surface area contributed by atoms with Crippen molar-refractivity contribution in [2.24, 2.45) is 5.41 Å². The van der Waals surface area contributed by atoms with Crippen molar-refractivity contribution in [3.63, 3.8) is 0 Å². The zero-order valence-electron chi connectivity index (χ0n) is 15.2. The summed E-state index contributed by atoms with van der Waals surface area (Å²) in [6.45, 7) is 6.65. The van der Waals surface area contributed by atoms with Gasteiger partial charge >= 0.3 is 0 Å². The number of carbonyl (C=O) groups is 2. The number of rotatable bonds is 3. The molecule has 1 unspecified atom stereocenters. The Kier molecular flexibility index (Phi) is 4.99. The summed E-state index contributed by atoms with van der Waals surface area (Å²) in [5.41, 5.74) is 0.489. The van der Waals surface area contributed by atoms with Gasteiger partial charge < -0.3 is 19.3 Å². The highest BCUT2D eigenvalue weighted by atomic mass is 16.5. The SMILES string of the molecule is COc1ccc(C(=O)N2CCC3(COCC(=O)N(C(C)C)C3)C2)cc1. The molecule has 2 aliphatic heterocycles. The van der Waals surface area contributed by atoms with Crippen LogP contribution in [0.15, 0.2) is 24.3 Å². The summed E-state index contributed by atoms with van der Waals surface area (Å²) >= 11 is 0. The highest BCUT2D eigenvalue weighted by molar-refractivity contribution is 5.94. The highest BCUT2D eigenvalue weighted by Crippen LogP contribution is 2.35. The smallest absolute Gasteiger partial charge is 0.253 e. The maximum absolute atomic E-state index is 12.8. The zero-order chi connectivity index (χ0) is 18.0. The molecule has 0 aliphatic carbocycles. The Morgan fingerprint density at radius 3 is 2.60 bits per heavy atom. The van der Waals surface area contributed by atoms with Crippen LogP contribution in [0.25, 0.3) is 0 Å². The van der Waals surface area contributed by atoms with Crippen LogP contribution in [0.4, 0.5) is 0 Å². The van der Waals surface area contributed by atoms with Gasteiger partial charge in [-0.05, 0) is 44.5 Å². The lowest BCUT2D eigenvalue weighted by molar-refractivity contribution is -0.135. The monoisotopic (exact) mass is 346 g/mol. The summed E-state index contributed by atoms with van der Waals surface area (Å²) < 4.78 is 10.8. The molecule has 2 heterocycles. The van der Waals surface area contributed by atoms with Crippen LogP contribution in [0, 0.1) is 5.41 Å². The number of benzene rings is 1. The molecule has 25 heavy (non-hydrogen) atoms. The molecule has 1 aromatic carbocycles. The largest absolute Gasteiger partial charge is 0.497 e. The summed E-state index contributed by atoms with van der Waals surface area (Å²) in [6.07, 6.45) is 0.853. The Labute approximate surface area is 148 Å². The van der Waals surface area contributed by atoms with E-state index in [9.17, 15) is 9.59 Å². The molecule has 0 radical (unpaired) electrons. The standard InChI is InChI=1S/C19H26N2O4/c1-14(2)21-12-19(13-25-10-17(21)22)8-9-20(11-19)18(23)15-4-6-16(24-3)7-5-15/h4-7,14H,8-13H2,1-3H3. The van der Waals surface area contributed by atoms with Crippen LogP contribution in [-0.2, 0) is 9.53 Å². The third-order valence-electron chi connectivity index (χ3n) is 5.15. The third kappa shape index (κ3) is 3.63. The van der Waals surface area contributed by atoms with Gasteiger partial charge in [0.15, 0.2) is 0 Å². The number of ether oxygens (including phenoxy) is 2. The van der Waals surface area contributed by atoms with E-state index in [1.54, 1.807) is 31.4 Å². The second-order valence-electron chi connectivity index (χ2n) is 7.31. The van der Waals surface area contributed by atoms with E-state index < -0.39 is 0 Å². The van der Waals surface area contributed by atoms with Gasteiger partial charge in [-0.2, -0.15) is 0 Å². The van der Waals surface area contributed by atoms with Crippen LogP contribution in [0.1, 0.15) is 30.6 Å². The molecule has 2 amide bonds. The normalized spacial score (nSPS) is 24.1. The summed E-state index contributed by atoms with van der Waals surface area (Å²) in [7, 11) is 1.61. The summed E-state index contributed by atoms with van der Waals surface area (Å²) in [6, 6.07) is 7.32. The van der Waals surface area contributed by atoms with Crippen molar-refractivity contribution >= 4 is 11.8 Å². The lowest BCUT2D eigenvalue weighted by Gasteiger charge is -2.34. The van der Waals surface area contributed by atoms with E-state index in [0.29, 0.717) is 31.8 Å². The Morgan fingerprint density at radius 1 is 1.24 bits per heavy atom. The van der Waals surface area contributed by atoms with Crippen LogP contribution >= 0.6 is 0 Å². The van der Waals surface area contributed by atoms with Gasteiger partial charge in [0, 0.05) is 36.7 Å². The van der Waals surface area contributed by atoms with Gasteiger partial charge in [0.05, 0.1) is 13.7 Å². The van der Waals surface area contributed by atoms with Crippen molar-refractivity contribution in [2.75, 3.05) is 40.0 Å². The molecule has 136 valence electrons. The van der Waals surface area contributed by atoms with Crippen LogP contribution < -0.4 is 4.74 Å². The van der Waals surface area contributed by atoms with E-state index in [4.69, 9.17) is 9.47 Å². The fourth-order valence-corrected chi connectivity index (χ4v) is 3.67. The zero-order valence-corrected chi connectivity index (χ0v) is 15.2. The van der Waals surface area contributed by atoms with Gasteiger partial charge in [-0.1, -0.05) is 0 Å². The van der Waals surface area contributed by atoms with Gasteiger partial charge in [0.25, 0.3) is 5.91 Å². The molecular formula is C19H26N2O4. The van der Waals surface area contributed by atoms with Gasteiger partial charge in [-0.15, -0.1) is 0 Å². The molecule has 2 aliphatic rings. The first kappa shape index (κ1) is 17.7. The van der Waals surface area contributed by atoms with Crippen LogP contribution in [0.5, 0.6) is 5.75 Å². The number of amides is 2. The number of methoxy groups -OCH3 is 1. The summed E-state index contributed by atoms with van der Waals surface area (Å²) in [5, 5.41) is 0. The summed E-state index contributed by atoms with van der Waals surface area (Å²) in [5.74, 6) is 0.788. The molecule has 3 rings (SSSR count). The maximum Gasteiger partial charge on any atom is 0.253 e. The molecule has 0 aromatic heterocycles. The lowest BCUT2D eigenvalue weighted by Crippen LogP contribution is -2.46. The number of likely N-dealkylation sites (tertiary alicyclic amines) is 1. The number of nitrogens with zero attached hydrogens (tertiary/aromatic N) is 2. The van der Waals surface area contributed by atoms with Gasteiger partial charge in [0.1, 0.15) is 12.4 Å². The second kappa shape index (κ2) is 7.04. The fraction of sp³-hybridized carbons (Fsp3) is 0.579. The van der Waals surface area contributed by atoms with Crippen LogP contribution in [0.2, 0.25) is 0 Å². The molecular weight excluding hydrogens is 320 g/mol. The van der Waals surface area contributed by atoms with Gasteiger partial charge in [0.2, 0.25) is 5.91 Å². The first-order valence-corrected chi connectivity index (χ1v) is 8.75. The third-order valence-corrected chi connectivity index (χ3v) is 5.15. The minimum atomic E-state index is -0.168. The topological polar surface area (TPSA) is 59.1 Å². The van der Waals surface area contributed by atoms with E-state index in [-0.39, 0.29) is 29.9 Å². The van der Waals surface area contributed by atoms with E-state index in [1.165, 1.54) is 0 Å². The highest BCUT2D eigenvalue weighted by Gasteiger charge is 2.44. The Hall–Kier alpha value is -2.08. The Morgan fingerprint density at radius 2 is 1.96 bits per heavy atom. The van der Waals surface area contributed by atoms with Crippen molar-refractivity contribution in [1.29, 1.82) is 0 Å². The predicted octanol–water partition coefficient (Wildman–Crippen LogP) is 1.79. The first-order chi connectivity index (χ1) is 11.9. The fourth-order valence-electron chi connectivity index (χ4n) is 3.67. The van der Waals surface area contributed by atoms with Crippen molar-refractivity contribution in [3.8, 4) is 5.75 Å². The second-order valence-corrected chi connectivity index (χ2v) is 7.31. The molecule has 1 aromatic rings. The average Bonchev–Trinajstić information content (AvgIpc) is 2.95. The maximum atomic E-state index is 12.8. The Balaban J connectivity index is 1.72. The van der Waals surface area contributed by atoms with Gasteiger partial charge in [-0.3, -0.25) is 9.59 Å². The van der Waals surface area contributed by atoms with E-state index in [1.807, 2.05) is 23.6 Å². The molecule has 1 spiro atoms. The molecule has 6 heteroatoms. The van der Waals surface area contributed by atoms with Crippen molar-refractivity contribution in [2.45, 2.75) is 26.3 Å². The van der Waals surface area contributed by atoms with Gasteiger partial charge in [-0.25, -0.2) is 0 Å². The number of hydrogen-bond acceptors (Lipinski definition) is 4. The average molecular weight is 346 g/mol. The van der Waals surface area contributed by atoms with E-state index in [0.717, 1.165) is 12.2 Å². The van der Waals surface area contributed by atoms with Crippen molar-refractivity contribution in [1.82, 2.24) is 9.80 Å². The van der Waals surface area contributed by atoms with Crippen molar-refractivity contribution < 1.29 is 19.1 Å². The lowest BCUT2D eigenvalue weighted by atomic mass is 9.87. The minimum Gasteiger partial charge on any atom is -0.497 e. The molecule has 0 N–H and O–H groups in total. The predicted molar refractivity (Wildman–Crippen MR) is 93.6 cm³/mol. The molecule has 2 fully saturated rings. The molecule has 6 nitrogen and oxygen atoms in total. The Bertz CT molecular complexity index is 643. The minimum absolute atomic E-state index is 0.0196.